The van der Waals surface area contributed by atoms with Gasteiger partial charge in [-0.05, 0) is 37.1 Å². The lowest BCUT2D eigenvalue weighted by atomic mass is 9.92. The van der Waals surface area contributed by atoms with Gasteiger partial charge in [0.25, 0.3) is 5.91 Å². The Balaban J connectivity index is 2.99. The summed E-state index contributed by atoms with van der Waals surface area (Å²) in [6.45, 7) is 4.06. The molecule has 0 aliphatic rings. The van der Waals surface area contributed by atoms with Crippen LogP contribution in [0.5, 0.6) is 0 Å². The van der Waals surface area contributed by atoms with E-state index in [1.807, 2.05) is 13.8 Å². The molecule has 0 fully saturated rings. The number of halogens is 2. The van der Waals surface area contributed by atoms with Crippen molar-refractivity contribution in [1.82, 2.24) is 5.32 Å². The van der Waals surface area contributed by atoms with Crippen molar-refractivity contribution in [2.45, 2.75) is 42.9 Å². The first-order valence-corrected chi connectivity index (χ1v) is 8.41. The SMILES string of the molecule is CCC(CC)(CN)NC(=O)c1ccc(S(=O)(=O)C(F)F)cc1. The Morgan fingerprint density at radius 1 is 1.23 bits per heavy atom. The van der Waals surface area contributed by atoms with Crippen molar-refractivity contribution >= 4 is 15.7 Å². The molecular formula is C14H20F2N2O3S. The van der Waals surface area contributed by atoms with E-state index in [0.717, 1.165) is 12.1 Å². The number of carbonyl (C=O) groups is 1. The van der Waals surface area contributed by atoms with Gasteiger partial charge in [-0.25, -0.2) is 8.42 Å². The summed E-state index contributed by atoms with van der Waals surface area (Å²) in [6.07, 6.45) is 1.28. The number of carbonyl (C=O) groups excluding carboxylic acids is 1. The van der Waals surface area contributed by atoms with E-state index in [9.17, 15) is 22.0 Å². The molecule has 22 heavy (non-hydrogen) atoms. The van der Waals surface area contributed by atoms with Gasteiger partial charge < -0.3 is 11.1 Å². The second-order valence-electron chi connectivity index (χ2n) is 4.98. The number of rotatable bonds is 7. The molecule has 1 aromatic carbocycles. The molecule has 0 saturated heterocycles. The third-order valence-electron chi connectivity index (χ3n) is 3.80. The molecule has 0 radical (unpaired) electrons. The van der Waals surface area contributed by atoms with Crippen LogP contribution in [0.1, 0.15) is 37.0 Å². The van der Waals surface area contributed by atoms with Crippen LogP contribution in [0.25, 0.3) is 0 Å². The molecule has 5 nitrogen and oxygen atoms in total. The minimum absolute atomic E-state index is 0.188. The van der Waals surface area contributed by atoms with Crippen molar-refractivity contribution in [1.29, 1.82) is 0 Å². The lowest BCUT2D eigenvalue weighted by molar-refractivity contribution is 0.0895. The van der Waals surface area contributed by atoms with Gasteiger partial charge in [0.1, 0.15) is 0 Å². The number of alkyl halides is 2. The largest absolute Gasteiger partial charge is 0.345 e. The van der Waals surface area contributed by atoms with Crippen LogP contribution < -0.4 is 11.1 Å². The number of amides is 1. The Labute approximate surface area is 128 Å². The highest BCUT2D eigenvalue weighted by atomic mass is 32.2. The van der Waals surface area contributed by atoms with Crippen molar-refractivity contribution < 1.29 is 22.0 Å². The number of hydrogen-bond acceptors (Lipinski definition) is 4. The van der Waals surface area contributed by atoms with Crippen LogP contribution in [-0.2, 0) is 9.84 Å². The first-order chi connectivity index (χ1) is 10.2. The van der Waals surface area contributed by atoms with Crippen LogP contribution in [-0.4, -0.2) is 32.2 Å². The first-order valence-electron chi connectivity index (χ1n) is 6.87. The van der Waals surface area contributed by atoms with E-state index >= 15 is 0 Å². The Kier molecular flexibility index (Phi) is 6.01. The van der Waals surface area contributed by atoms with Gasteiger partial charge in [0.15, 0.2) is 0 Å². The standard InChI is InChI=1S/C14H20F2N2O3S/c1-3-14(4-2,9-17)18-12(19)10-5-7-11(8-6-10)22(20,21)13(15)16/h5-8,13H,3-4,9,17H2,1-2H3,(H,18,19). The maximum absolute atomic E-state index is 12.4. The summed E-state index contributed by atoms with van der Waals surface area (Å²) in [5, 5.41) is 2.82. The highest BCUT2D eigenvalue weighted by Gasteiger charge is 2.28. The molecule has 0 aliphatic carbocycles. The van der Waals surface area contributed by atoms with Crippen LogP contribution >= 0.6 is 0 Å². The van der Waals surface area contributed by atoms with Gasteiger partial charge in [-0.3, -0.25) is 4.79 Å². The van der Waals surface area contributed by atoms with E-state index < -0.39 is 31.9 Å². The van der Waals surface area contributed by atoms with Crippen LogP contribution in [0.2, 0.25) is 0 Å². The lowest BCUT2D eigenvalue weighted by Crippen LogP contribution is -2.52. The van der Waals surface area contributed by atoms with Crippen molar-refractivity contribution in [3.8, 4) is 0 Å². The number of sulfone groups is 1. The average molecular weight is 334 g/mol. The maximum Gasteiger partial charge on any atom is 0.341 e. The van der Waals surface area contributed by atoms with Gasteiger partial charge in [0, 0.05) is 12.1 Å². The molecule has 1 rings (SSSR count). The number of benzene rings is 1. The van der Waals surface area contributed by atoms with Crippen LogP contribution in [0.15, 0.2) is 29.2 Å². The first kappa shape index (κ1) is 18.5. The van der Waals surface area contributed by atoms with E-state index in [0.29, 0.717) is 12.8 Å². The van der Waals surface area contributed by atoms with Crippen LogP contribution in [0, 0.1) is 0 Å². The molecule has 0 aromatic heterocycles. The highest BCUT2D eigenvalue weighted by Crippen LogP contribution is 2.19. The molecule has 0 atom stereocenters. The fourth-order valence-corrected chi connectivity index (χ4v) is 2.70. The number of nitrogens with one attached hydrogen (secondary N) is 1. The molecule has 0 saturated carbocycles. The lowest BCUT2D eigenvalue weighted by Gasteiger charge is -2.31. The van der Waals surface area contributed by atoms with Gasteiger partial charge in [0.2, 0.25) is 9.84 Å². The second-order valence-corrected chi connectivity index (χ2v) is 6.89. The summed E-state index contributed by atoms with van der Waals surface area (Å²) in [4.78, 5) is 11.6. The van der Waals surface area contributed by atoms with Gasteiger partial charge in [-0.15, -0.1) is 0 Å². The third-order valence-corrected chi connectivity index (χ3v) is 5.20. The Bertz CT molecular complexity index is 603. The summed E-state index contributed by atoms with van der Waals surface area (Å²) < 4.78 is 47.5. The van der Waals surface area contributed by atoms with Crippen LogP contribution in [0.4, 0.5) is 8.78 Å². The smallest absolute Gasteiger partial charge is 0.341 e. The molecule has 8 heteroatoms. The molecule has 0 aliphatic heterocycles. The average Bonchev–Trinajstić information content (AvgIpc) is 2.52. The number of hydrogen-bond donors (Lipinski definition) is 2. The normalized spacial score (nSPS) is 12.5. The van der Waals surface area contributed by atoms with Gasteiger partial charge in [-0.1, -0.05) is 13.8 Å². The van der Waals surface area contributed by atoms with Gasteiger partial charge >= 0.3 is 5.76 Å². The fourth-order valence-electron chi connectivity index (χ4n) is 1.98. The van der Waals surface area contributed by atoms with E-state index in [2.05, 4.69) is 5.32 Å². The van der Waals surface area contributed by atoms with Gasteiger partial charge in [-0.2, -0.15) is 8.78 Å². The summed E-state index contributed by atoms with van der Waals surface area (Å²) in [5.74, 6) is -3.91. The van der Waals surface area contributed by atoms with Crippen molar-refractivity contribution in [3.63, 3.8) is 0 Å². The summed E-state index contributed by atoms with van der Waals surface area (Å²) in [5.41, 5.74) is 5.34. The topological polar surface area (TPSA) is 89.3 Å². The fraction of sp³-hybridized carbons (Fsp3) is 0.500. The Morgan fingerprint density at radius 2 is 1.73 bits per heavy atom. The second kappa shape index (κ2) is 7.15. The molecule has 0 bridgehead atoms. The van der Waals surface area contributed by atoms with Crippen molar-refractivity contribution in [3.05, 3.63) is 29.8 Å². The number of nitrogens with two attached hydrogens (primary N) is 1. The molecule has 124 valence electrons. The monoisotopic (exact) mass is 334 g/mol. The zero-order valence-electron chi connectivity index (χ0n) is 12.5. The van der Waals surface area contributed by atoms with Gasteiger partial charge in [0.05, 0.1) is 10.4 Å². The van der Waals surface area contributed by atoms with Crippen molar-refractivity contribution in [2.75, 3.05) is 6.54 Å². The maximum atomic E-state index is 12.4. The Hall–Kier alpha value is -1.54. The summed E-state index contributed by atoms with van der Waals surface area (Å²) in [7, 11) is -4.65. The molecule has 0 spiro atoms. The third kappa shape index (κ3) is 3.80. The van der Waals surface area contributed by atoms with E-state index in [4.69, 9.17) is 5.73 Å². The van der Waals surface area contributed by atoms with Crippen LogP contribution in [0.3, 0.4) is 0 Å². The zero-order chi connectivity index (χ0) is 17.0. The quantitative estimate of drug-likeness (QED) is 0.797. The molecule has 3 N–H and O–H groups in total. The predicted octanol–water partition coefficient (Wildman–Crippen LogP) is 1.93. The minimum atomic E-state index is -4.65. The molecule has 0 unspecified atom stereocenters. The van der Waals surface area contributed by atoms with E-state index in [1.165, 1.54) is 12.1 Å². The molecule has 0 heterocycles. The van der Waals surface area contributed by atoms with Crippen molar-refractivity contribution in [2.24, 2.45) is 5.73 Å². The molecular weight excluding hydrogens is 314 g/mol. The predicted molar refractivity (Wildman–Crippen MR) is 79.5 cm³/mol. The minimum Gasteiger partial charge on any atom is -0.345 e. The summed E-state index contributed by atoms with van der Waals surface area (Å²) in [6, 6.07) is 4.41. The zero-order valence-corrected chi connectivity index (χ0v) is 13.3. The highest BCUT2D eigenvalue weighted by molar-refractivity contribution is 7.91. The molecule has 1 amide bonds. The molecule has 1 aromatic rings. The summed E-state index contributed by atoms with van der Waals surface area (Å²) >= 11 is 0. The van der Waals surface area contributed by atoms with E-state index in [1.54, 1.807) is 0 Å². The Morgan fingerprint density at radius 3 is 2.09 bits per heavy atom. The van der Waals surface area contributed by atoms with E-state index in [-0.39, 0.29) is 12.1 Å².